The molecule has 11 nitrogen and oxygen atoms in total. The highest BCUT2D eigenvalue weighted by Gasteiger charge is 2.40. The van der Waals surface area contributed by atoms with Gasteiger partial charge in [-0.1, -0.05) is 24.3 Å². The SMILES string of the molecule is COc1cc(C(=O)NC2CCN(C)CC2)ccc1Nc1ncc(C(F)(F)F)c(O[C@@H]2Cc3ccccc3[C@H]2NCS(C)(=O)=O)n1. The van der Waals surface area contributed by atoms with Crippen LogP contribution in [0.25, 0.3) is 0 Å². The number of amides is 1. The van der Waals surface area contributed by atoms with Gasteiger partial charge in [0.1, 0.15) is 17.4 Å². The molecule has 1 aliphatic carbocycles. The highest BCUT2D eigenvalue weighted by molar-refractivity contribution is 7.90. The summed E-state index contributed by atoms with van der Waals surface area (Å²) in [7, 11) is 0.0122. The van der Waals surface area contributed by atoms with Gasteiger partial charge in [-0.2, -0.15) is 18.2 Å². The van der Waals surface area contributed by atoms with E-state index in [0.29, 0.717) is 17.4 Å². The molecule has 0 saturated carbocycles. The lowest BCUT2D eigenvalue weighted by Gasteiger charge is -2.29. The number of nitrogens with zero attached hydrogens (tertiary/aromatic N) is 3. The van der Waals surface area contributed by atoms with Crippen LogP contribution in [-0.4, -0.2) is 80.7 Å². The number of carbonyl (C=O) groups excluding carboxylic acids is 1. The maximum absolute atomic E-state index is 14.0. The maximum Gasteiger partial charge on any atom is 0.423 e. The summed E-state index contributed by atoms with van der Waals surface area (Å²) in [5.41, 5.74) is 1.05. The summed E-state index contributed by atoms with van der Waals surface area (Å²) in [4.78, 5) is 23.0. The van der Waals surface area contributed by atoms with Gasteiger partial charge in [0.05, 0.1) is 24.7 Å². The number of fused-ring (bicyclic) bond motifs is 1. The number of methoxy groups -OCH3 is 1. The van der Waals surface area contributed by atoms with Gasteiger partial charge in [0.15, 0.2) is 9.84 Å². The Kier molecular flexibility index (Phi) is 9.51. The van der Waals surface area contributed by atoms with Crippen molar-refractivity contribution in [2.24, 2.45) is 0 Å². The number of aromatic nitrogens is 2. The number of piperidine rings is 1. The van der Waals surface area contributed by atoms with Gasteiger partial charge in [-0.05, 0) is 62.3 Å². The van der Waals surface area contributed by atoms with E-state index in [-0.39, 0.29) is 35.9 Å². The topological polar surface area (TPSA) is 135 Å². The zero-order chi connectivity index (χ0) is 32.4. The van der Waals surface area contributed by atoms with Crippen molar-refractivity contribution in [3.63, 3.8) is 0 Å². The van der Waals surface area contributed by atoms with Gasteiger partial charge in [0.25, 0.3) is 5.91 Å². The summed E-state index contributed by atoms with van der Waals surface area (Å²) >= 11 is 0. The third-order valence-corrected chi connectivity index (χ3v) is 8.53. The number of anilines is 2. The van der Waals surface area contributed by atoms with Crippen LogP contribution < -0.4 is 25.4 Å². The molecule has 5 rings (SSSR count). The van der Waals surface area contributed by atoms with E-state index in [9.17, 15) is 26.4 Å². The molecule has 1 amide bonds. The van der Waals surface area contributed by atoms with E-state index in [0.717, 1.165) is 43.3 Å². The fourth-order valence-corrected chi connectivity index (χ4v) is 5.96. The van der Waals surface area contributed by atoms with Crippen molar-refractivity contribution in [1.29, 1.82) is 0 Å². The quantitative estimate of drug-likeness (QED) is 0.299. The van der Waals surface area contributed by atoms with Gasteiger partial charge in [0.2, 0.25) is 11.8 Å². The van der Waals surface area contributed by atoms with E-state index in [1.807, 2.05) is 13.1 Å². The van der Waals surface area contributed by atoms with Crippen molar-refractivity contribution in [1.82, 2.24) is 25.5 Å². The molecular weight excluding hydrogens is 613 g/mol. The molecule has 1 saturated heterocycles. The summed E-state index contributed by atoms with van der Waals surface area (Å²) in [5, 5.41) is 8.82. The van der Waals surface area contributed by atoms with Crippen molar-refractivity contribution in [2.75, 3.05) is 44.7 Å². The lowest BCUT2D eigenvalue weighted by atomic mass is 10.0. The Bertz CT molecular complexity index is 1650. The summed E-state index contributed by atoms with van der Waals surface area (Å²) in [6, 6.07) is 11.2. The minimum atomic E-state index is -4.82. The Balaban J connectivity index is 1.37. The second-order valence-corrected chi connectivity index (χ2v) is 13.5. The largest absolute Gasteiger partial charge is 0.495 e. The van der Waals surface area contributed by atoms with E-state index >= 15 is 0 Å². The number of hydrogen-bond donors (Lipinski definition) is 3. The van der Waals surface area contributed by atoms with Crippen molar-refractivity contribution in [2.45, 2.75) is 43.6 Å². The Morgan fingerprint density at radius 1 is 1.13 bits per heavy atom. The molecule has 45 heavy (non-hydrogen) atoms. The van der Waals surface area contributed by atoms with Gasteiger partial charge in [-0.15, -0.1) is 0 Å². The van der Waals surface area contributed by atoms with E-state index < -0.39 is 39.6 Å². The average molecular weight is 649 g/mol. The van der Waals surface area contributed by atoms with E-state index in [1.54, 1.807) is 30.3 Å². The predicted molar refractivity (Wildman–Crippen MR) is 161 cm³/mol. The first-order chi connectivity index (χ1) is 21.3. The molecule has 3 N–H and O–H groups in total. The van der Waals surface area contributed by atoms with Crippen molar-refractivity contribution >= 4 is 27.4 Å². The molecule has 0 unspecified atom stereocenters. The zero-order valence-corrected chi connectivity index (χ0v) is 25.8. The normalized spacial score (nSPS) is 19.2. The lowest BCUT2D eigenvalue weighted by Crippen LogP contribution is -2.43. The Morgan fingerprint density at radius 3 is 2.56 bits per heavy atom. The number of benzene rings is 2. The molecule has 2 aromatic carbocycles. The van der Waals surface area contributed by atoms with Gasteiger partial charge in [-0.3, -0.25) is 10.1 Å². The predicted octanol–water partition coefficient (Wildman–Crippen LogP) is 3.71. The van der Waals surface area contributed by atoms with Crippen LogP contribution in [0.15, 0.2) is 48.7 Å². The van der Waals surface area contributed by atoms with Gasteiger partial charge in [-0.25, -0.2) is 13.4 Å². The second kappa shape index (κ2) is 13.2. The van der Waals surface area contributed by atoms with Crippen LogP contribution >= 0.6 is 0 Å². The maximum atomic E-state index is 14.0. The number of nitrogens with one attached hydrogen (secondary N) is 3. The number of likely N-dealkylation sites (tertiary alicyclic amines) is 1. The summed E-state index contributed by atoms with van der Waals surface area (Å²) < 4.78 is 77.2. The minimum absolute atomic E-state index is 0.0605. The number of carbonyl (C=O) groups is 1. The molecule has 0 bridgehead atoms. The standard InChI is InChI=1S/C30H35F3N6O5S/c1-39-12-10-20(11-13-39)36-27(40)19-8-9-23(24(15-19)43-2)37-29-34-16-22(30(31,32)33)28(38-29)44-25-14-18-6-4-5-7-21(18)26(25)35-17-45(3,41)42/h4-9,15-16,20,25-26,35H,10-14,17H2,1-3H3,(H,36,40)(H,34,37,38)/t25-,26-/m1/s1. The number of hydrogen-bond acceptors (Lipinski definition) is 10. The molecule has 2 heterocycles. The first kappa shape index (κ1) is 32.4. The molecule has 1 fully saturated rings. The van der Waals surface area contributed by atoms with Crippen LogP contribution in [0.1, 0.15) is 45.9 Å². The van der Waals surface area contributed by atoms with Crippen LogP contribution in [0.2, 0.25) is 0 Å². The molecule has 242 valence electrons. The molecule has 2 aliphatic rings. The first-order valence-electron chi connectivity index (χ1n) is 14.3. The molecule has 1 aliphatic heterocycles. The molecule has 15 heteroatoms. The number of rotatable bonds is 10. The van der Waals surface area contributed by atoms with E-state index in [1.165, 1.54) is 13.2 Å². The average Bonchev–Trinajstić information content (AvgIpc) is 3.33. The Labute approximate surface area is 259 Å². The van der Waals surface area contributed by atoms with Crippen molar-refractivity contribution < 1.29 is 35.9 Å². The molecule has 0 radical (unpaired) electrons. The molecule has 1 aromatic heterocycles. The summed E-state index contributed by atoms with van der Waals surface area (Å²) in [6.45, 7) is 1.78. The van der Waals surface area contributed by atoms with Crippen LogP contribution in [0.4, 0.5) is 24.8 Å². The van der Waals surface area contributed by atoms with Crippen LogP contribution in [0, 0.1) is 0 Å². The van der Waals surface area contributed by atoms with Crippen LogP contribution in [0.5, 0.6) is 11.6 Å². The van der Waals surface area contributed by atoms with Crippen LogP contribution in [-0.2, 0) is 22.4 Å². The Hall–Kier alpha value is -3.95. The van der Waals surface area contributed by atoms with Gasteiger partial charge < -0.3 is 25.0 Å². The monoisotopic (exact) mass is 648 g/mol. The molecule has 0 spiro atoms. The number of alkyl halides is 3. The summed E-state index contributed by atoms with van der Waals surface area (Å²) in [5.74, 6) is -1.30. The van der Waals surface area contributed by atoms with Gasteiger partial charge in [0, 0.05) is 30.5 Å². The van der Waals surface area contributed by atoms with E-state index in [2.05, 4.69) is 30.8 Å². The first-order valence-corrected chi connectivity index (χ1v) is 16.4. The number of halogens is 3. The Morgan fingerprint density at radius 2 is 1.87 bits per heavy atom. The number of ether oxygens (including phenoxy) is 2. The third kappa shape index (κ3) is 8.02. The highest BCUT2D eigenvalue weighted by atomic mass is 32.2. The third-order valence-electron chi connectivity index (χ3n) is 7.83. The molecule has 3 aromatic rings. The van der Waals surface area contributed by atoms with Crippen LogP contribution in [0.3, 0.4) is 0 Å². The fourth-order valence-electron chi connectivity index (χ4n) is 5.48. The molecular formula is C30H35F3N6O5S. The summed E-state index contributed by atoms with van der Waals surface area (Å²) in [6.07, 6.45) is -2.10. The van der Waals surface area contributed by atoms with E-state index in [4.69, 9.17) is 9.47 Å². The number of sulfone groups is 1. The fraction of sp³-hybridized carbons (Fsp3) is 0.433. The lowest BCUT2D eigenvalue weighted by molar-refractivity contribution is -0.140. The van der Waals surface area contributed by atoms with Crippen molar-refractivity contribution in [3.8, 4) is 11.6 Å². The van der Waals surface area contributed by atoms with Crippen molar-refractivity contribution in [3.05, 3.63) is 70.9 Å². The highest BCUT2D eigenvalue weighted by Crippen LogP contribution is 2.40. The molecule has 2 atom stereocenters. The second-order valence-electron chi connectivity index (χ2n) is 11.3. The minimum Gasteiger partial charge on any atom is -0.495 e. The smallest absolute Gasteiger partial charge is 0.423 e. The zero-order valence-electron chi connectivity index (χ0n) is 25.0. The van der Waals surface area contributed by atoms with Gasteiger partial charge >= 0.3 is 6.18 Å².